The van der Waals surface area contributed by atoms with Crippen LogP contribution in [0.25, 0.3) is 0 Å². The predicted octanol–water partition coefficient (Wildman–Crippen LogP) is 4.77. The van der Waals surface area contributed by atoms with E-state index in [1.807, 2.05) is 12.1 Å². The van der Waals surface area contributed by atoms with Gasteiger partial charge >= 0.3 is 6.18 Å². The Morgan fingerprint density at radius 1 is 1.07 bits per heavy atom. The molecule has 0 spiro atoms. The van der Waals surface area contributed by atoms with Crippen molar-refractivity contribution in [2.24, 2.45) is 0 Å². The van der Waals surface area contributed by atoms with Crippen LogP contribution in [0.5, 0.6) is 0 Å². The molecule has 1 heterocycles. The van der Waals surface area contributed by atoms with Crippen LogP contribution in [0.1, 0.15) is 34.3 Å². The zero-order chi connectivity index (χ0) is 20.2. The van der Waals surface area contributed by atoms with Gasteiger partial charge in [0.05, 0.1) is 24.3 Å². The van der Waals surface area contributed by atoms with Crippen molar-refractivity contribution in [2.75, 3.05) is 19.8 Å². The number of halogens is 4. The normalized spacial score (nSPS) is 16.1. The number of hydrogen-bond acceptors (Lipinski definition) is 3. The highest BCUT2D eigenvalue weighted by atomic mass is 35.5. The van der Waals surface area contributed by atoms with E-state index in [0.29, 0.717) is 31.1 Å². The molecule has 8 heteroatoms. The fourth-order valence-electron chi connectivity index (χ4n) is 3.16. The first kappa shape index (κ1) is 20.6. The van der Waals surface area contributed by atoms with Crippen LogP contribution in [0.4, 0.5) is 13.2 Å². The number of carbonyl (C=O) groups excluding carboxylic acids is 1. The number of alkyl halides is 3. The molecule has 1 aliphatic heterocycles. The van der Waals surface area contributed by atoms with Gasteiger partial charge in [-0.05, 0) is 30.7 Å². The van der Waals surface area contributed by atoms with Gasteiger partial charge in [0, 0.05) is 23.6 Å². The molecule has 1 aliphatic rings. The van der Waals surface area contributed by atoms with Gasteiger partial charge in [-0.25, -0.2) is 0 Å². The lowest BCUT2D eigenvalue weighted by Crippen LogP contribution is -2.31. The number of nitrogens with one attached hydrogen (secondary N) is 1. The predicted molar refractivity (Wildman–Crippen MR) is 98.0 cm³/mol. The van der Waals surface area contributed by atoms with E-state index < -0.39 is 29.0 Å². The van der Waals surface area contributed by atoms with Crippen molar-refractivity contribution in [1.82, 2.24) is 5.32 Å². The summed E-state index contributed by atoms with van der Waals surface area (Å²) in [5.74, 6) is -1.69. The van der Waals surface area contributed by atoms with E-state index in [9.17, 15) is 18.0 Å². The highest BCUT2D eigenvalue weighted by Crippen LogP contribution is 2.36. The molecular weight excluding hydrogens is 395 g/mol. The van der Waals surface area contributed by atoms with Crippen LogP contribution in [0.2, 0.25) is 5.02 Å². The topological polar surface area (TPSA) is 47.6 Å². The number of rotatable bonds is 6. The Labute approximate surface area is 165 Å². The monoisotopic (exact) mass is 413 g/mol. The second-order valence-corrected chi connectivity index (χ2v) is 6.80. The van der Waals surface area contributed by atoms with Gasteiger partial charge in [0.1, 0.15) is 0 Å². The molecule has 0 radical (unpaired) electrons. The van der Waals surface area contributed by atoms with E-state index in [2.05, 4.69) is 5.32 Å². The van der Waals surface area contributed by atoms with Crippen LogP contribution < -0.4 is 5.32 Å². The minimum absolute atomic E-state index is 0.188. The third-order valence-corrected chi connectivity index (χ3v) is 4.74. The molecule has 0 bridgehead atoms. The third kappa shape index (κ3) is 4.66. The van der Waals surface area contributed by atoms with E-state index in [-0.39, 0.29) is 6.54 Å². The van der Waals surface area contributed by atoms with Crippen LogP contribution >= 0.6 is 11.6 Å². The molecular formula is C20H19ClF3NO3. The second-order valence-electron chi connectivity index (χ2n) is 6.36. The average Bonchev–Trinajstić information content (AvgIpc) is 3.15. The van der Waals surface area contributed by atoms with Gasteiger partial charge in [0.25, 0.3) is 5.91 Å². The smallest absolute Gasteiger partial charge is 0.352 e. The zero-order valence-corrected chi connectivity index (χ0v) is 15.6. The Morgan fingerprint density at radius 2 is 1.71 bits per heavy atom. The van der Waals surface area contributed by atoms with Crippen molar-refractivity contribution in [3.05, 3.63) is 70.2 Å². The molecule has 0 unspecified atom stereocenters. The summed E-state index contributed by atoms with van der Waals surface area (Å²) in [6, 6.07) is 11.8. The molecule has 1 fully saturated rings. The van der Waals surface area contributed by atoms with Crippen molar-refractivity contribution >= 4 is 17.5 Å². The van der Waals surface area contributed by atoms with Crippen LogP contribution in [-0.2, 0) is 21.4 Å². The molecule has 0 atom stereocenters. The van der Waals surface area contributed by atoms with E-state index in [1.165, 1.54) is 12.1 Å². The summed E-state index contributed by atoms with van der Waals surface area (Å²) in [6.45, 7) is 1.06. The third-order valence-electron chi connectivity index (χ3n) is 4.48. The Morgan fingerprint density at radius 3 is 2.36 bits per heavy atom. The minimum Gasteiger partial charge on any atom is -0.352 e. The summed E-state index contributed by atoms with van der Waals surface area (Å²) in [4.78, 5) is 12.2. The van der Waals surface area contributed by atoms with Crippen molar-refractivity contribution in [2.45, 2.75) is 24.8 Å². The molecule has 2 aromatic rings. The van der Waals surface area contributed by atoms with E-state index in [0.717, 1.165) is 17.7 Å². The summed E-state index contributed by atoms with van der Waals surface area (Å²) in [6.07, 6.45) is -3.68. The maximum atomic E-state index is 13.0. The highest BCUT2D eigenvalue weighted by Gasteiger charge is 2.38. The molecule has 3 rings (SSSR count). The van der Waals surface area contributed by atoms with E-state index in [4.69, 9.17) is 21.1 Å². The van der Waals surface area contributed by atoms with Crippen LogP contribution in [0.15, 0.2) is 48.5 Å². The van der Waals surface area contributed by atoms with Gasteiger partial charge in [0.2, 0.25) is 0 Å². The molecule has 4 nitrogen and oxygen atoms in total. The maximum Gasteiger partial charge on any atom is 0.417 e. The van der Waals surface area contributed by atoms with Crippen molar-refractivity contribution in [3.63, 3.8) is 0 Å². The van der Waals surface area contributed by atoms with Gasteiger partial charge in [-0.1, -0.05) is 35.9 Å². The summed E-state index contributed by atoms with van der Waals surface area (Å²) in [5, 5.41) is 3.13. The number of carbonyl (C=O) groups is 1. The lowest BCUT2D eigenvalue weighted by Gasteiger charge is -2.28. The van der Waals surface area contributed by atoms with Crippen molar-refractivity contribution in [1.29, 1.82) is 0 Å². The van der Waals surface area contributed by atoms with Gasteiger partial charge in [-0.3, -0.25) is 4.79 Å². The highest BCUT2D eigenvalue weighted by molar-refractivity contribution is 6.30. The quantitative estimate of drug-likeness (QED) is 0.694. The van der Waals surface area contributed by atoms with E-state index >= 15 is 0 Å². The largest absolute Gasteiger partial charge is 0.417 e. The fraction of sp³-hybridized carbons (Fsp3) is 0.350. The molecule has 150 valence electrons. The van der Waals surface area contributed by atoms with Gasteiger partial charge < -0.3 is 14.8 Å². The van der Waals surface area contributed by atoms with Gasteiger partial charge in [-0.2, -0.15) is 13.2 Å². The molecule has 2 aromatic carbocycles. The van der Waals surface area contributed by atoms with Crippen LogP contribution in [-0.4, -0.2) is 25.7 Å². The van der Waals surface area contributed by atoms with Gasteiger partial charge in [-0.15, -0.1) is 0 Å². The fourth-order valence-corrected chi connectivity index (χ4v) is 3.29. The molecule has 0 aliphatic carbocycles. The summed E-state index contributed by atoms with van der Waals surface area (Å²) < 4.78 is 50.7. The number of benzene rings is 2. The lowest BCUT2D eigenvalue weighted by molar-refractivity contribution is -0.171. The number of ether oxygens (including phenoxy) is 2. The SMILES string of the molecule is O=C(NCCCC1(c2ccc(Cl)cc2)OCCO1)c1ccccc1C(F)(F)F. The van der Waals surface area contributed by atoms with Crippen molar-refractivity contribution in [3.8, 4) is 0 Å². The summed E-state index contributed by atoms with van der Waals surface area (Å²) in [7, 11) is 0. The van der Waals surface area contributed by atoms with Crippen LogP contribution in [0.3, 0.4) is 0 Å². The lowest BCUT2D eigenvalue weighted by atomic mass is 10.0. The molecule has 28 heavy (non-hydrogen) atoms. The first-order chi connectivity index (χ1) is 13.3. The Balaban J connectivity index is 1.61. The molecule has 0 aromatic heterocycles. The maximum absolute atomic E-state index is 13.0. The zero-order valence-electron chi connectivity index (χ0n) is 14.9. The standard InChI is InChI=1S/C20H19ClF3NO3/c21-15-8-6-14(7-9-15)19(27-12-13-28-19)10-3-11-25-18(26)16-4-1-2-5-17(16)20(22,23)24/h1-2,4-9H,3,10-13H2,(H,25,26). The van der Waals surface area contributed by atoms with Crippen molar-refractivity contribution < 1.29 is 27.4 Å². The number of amides is 1. The molecule has 1 saturated heterocycles. The molecule has 1 amide bonds. The molecule has 0 saturated carbocycles. The van der Waals surface area contributed by atoms with E-state index in [1.54, 1.807) is 12.1 Å². The van der Waals surface area contributed by atoms with Gasteiger partial charge in [0.15, 0.2) is 5.79 Å². The minimum atomic E-state index is -4.59. The Kier molecular flexibility index (Phi) is 6.27. The summed E-state index contributed by atoms with van der Waals surface area (Å²) in [5.41, 5.74) is -0.536. The Hall–Kier alpha value is -2.09. The second kappa shape index (κ2) is 8.51. The first-order valence-electron chi connectivity index (χ1n) is 8.80. The summed E-state index contributed by atoms with van der Waals surface area (Å²) >= 11 is 5.92. The molecule has 1 N–H and O–H groups in total. The van der Waals surface area contributed by atoms with Crippen LogP contribution in [0, 0.1) is 0 Å². The first-order valence-corrected chi connectivity index (χ1v) is 9.18. The average molecular weight is 414 g/mol. The Bertz CT molecular complexity index is 818. The number of hydrogen-bond donors (Lipinski definition) is 1.